The van der Waals surface area contributed by atoms with Gasteiger partial charge < -0.3 is 30.7 Å². The fourth-order valence-electron chi connectivity index (χ4n) is 5.68. The number of aryl methyl sites for hydroxylation is 1. The quantitative estimate of drug-likeness (QED) is 0.284. The zero-order valence-electron chi connectivity index (χ0n) is 27.7. The zero-order valence-corrected chi connectivity index (χ0v) is 27.5. The molecule has 46 heavy (non-hydrogen) atoms. The van der Waals surface area contributed by atoms with Crippen LogP contribution in [0.4, 0.5) is 4.39 Å². The first-order valence-electron chi connectivity index (χ1n) is 16.0. The Morgan fingerprint density at radius 1 is 1.33 bits per heavy atom. The van der Waals surface area contributed by atoms with Crippen molar-refractivity contribution in [1.82, 2.24) is 30.7 Å². The number of ether oxygens (including phenoxy) is 1. The SMILES string of the molecule is [2H]N1CCN(CCOc2cc(-c3scnc3C)ccc2CNC(=O)[C@@H]2C[C@@H](O)CN2C(=O)[C@@H](NC(=O)C2(F)CC2)C(C)(C)C)CC1=O. The highest BCUT2D eigenvalue weighted by atomic mass is 32.1. The second kappa shape index (κ2) is 13.6. The van der Waals surface area contributed by atoms with E-state index in [1.165, 1.54) is 16.2 Å². The molecule has 3 aliphatic rings. The van der Waals surface area contributed by atoms with Crippen molar-refractivity contribution in [3.63, 3.8) is 0 Å². The van der Waals surface area contributed by atoms with Gasteiger partial charge in [-0.15, -0.1) is 11.3 Å². The van der Waals surface area contributed by atoms with Crippen molar-refractivity contribution in [2.24, 2.45) is 5.41 Å². The number of aromatic nitrogens is 1. The Balaban J connectivity index is 1.28. The first-order valence-corrected chi connectivity index (χ1v) is 16.5. The van der Waals surface area contributed by atoms with Gasteiger partial charge in [-0.05, 0) is 36.8 Å². The predicted molar refractivity (Wildman–Crippen MR) is 170 cm³/mol. The van der Waals surface area contributed by atoms with Gasteiger partial charge >= 0.3 is 0 Å². The van der Waals surface area contributed by atoms with E-state index in [0.29, 0.717) is 30.9 Å². The van der Waals surface area contributed by atoms with E-state index in [9.17, 15) is 28.7 Å². The molecule has 4 amide bonds. The van der Waals surface area contributed by atoms with E-state index >= 15 is 0 Å². The molecule has 2 aliphatic heterocycles. The standard InChI is InChI=1S/C32H43FN6O6S/c1-19-26(46-18-36-19)20-5-6-21(24(13-20)45-12-11-38-10-9-34-25(41)17-38)15-35-28(42)23-14-22(40)16-39(23)29(43)27(31(2,3)4)37-30(44)32(33)7-8-32/h5-6,13,18,22-23,27,40H,7-12,14-17H2,1-4H3,(H,34,41)(H,35,42)(H,37,44)/t22-,23+,27-/m1/s1/i/hD. The molecule has 1 saturated carbocycles. The Bertz CT molecular complexity index is 1510. The van der Waals surface area contributed by atoms with Crippen molar-refractivity contribution in [2.75, 3.05) is 39.3 Å². The van der Waals surface area contributed by atoms with E-state index in [-0.39, 0.29) is 51.4 Å². The molecule has 14 heteroatoms. The minimum atomic E-state index is -1.96. The van der Waals surface area contributed by atoms with Crippen LogP contribution < -0.4 is 20.7 Å². The third-order valence-corrected chi connectivity index (χ3v) is 9.58. The number of halogens is 1. The molecule has 250 valence electrons. The highest BCUT2D eigenvalue weighted by molar-refractivity contribution is 7.13. The molecule has 0 unspecified atom stereocenters. The van der Waals surface area contributed by atoms with Gasteiger partial charge in [-0.25, -0.2) is 9.37 Å². The molecule has 5 rings (SSSR count). The number of β-amino-alcohol motifs (C(OH)–C–C–N with tert-alkyl or cyclic N) is 1. The second-order valence-electron chi connectivity index (χ2n) is 13.3. The number of nitrogens with zero attached hydrogens (tertiary/aromatic N) is 3. The summed E-state index contributed by atoms with van der Waals surface area (Å²) in [5.74, 6) is -1.59. The van der Waals surface area contributed by atoms with E-state index < -0.39 is 47.0 Å². The summed E-state index contributed by atoms with van der Waals surface area (Å²) in [5.41, 5.74) is 1.49. The Morgan fingerprint density at radius 2 is 2.09 bits per heavy atom. The van der Waals surface area contributed by atoms with E-state index in [2.05, 4.69) is 15.6 Å². The Kier molecular flexibility index (Phi) is 9.57. The number of alkyl halides is 1. The van der Waals surface area contributed by atoms with Crippen molar-refractivity contribution in [1.29, 1.82) is 0 Å². The third kappa shape index (κ3) is 7.84. The van der Waals surface area contributed by atoms with Crippen LogP contribution in [0.5, 0.6) is 5.75 Å². The highest BCUT2D eigenvalue weighted by Gasteiger charge is 2.53. The molecule has 3 heterocycles. The van der Waals surface area contributed by atoms with Crippen LogP contribution in [0.15, 0.2) is 23.7 Å². The molecule has 4 N–H and O–H groups in total. The maximum absolute atomic E-state index is 14.5. The number of hydrogen-bond donors (Lipinski definition) is 4. The molecule has 1 aliphatic carbocycles. The molecule has 0 radical (unpaired) electrons. The summed E-state index contributed by atoms with van der Waals surface area (Å²) in [5, 5.41) is 16.9. The van der Waals surface area contributed by atoms with Gasteiger partial charge in [-0.2, -0.15) is 0 Å². The van der Waals surface area contributed by atoms with Crippen LogP contribution >= 0.6 is 11.3 Å². The van der Waals surface area contributed by atoms with Crippen molar-refractivity contribution in [2.45, 2.75) is 77.4 Å². The summed E-state index contributed by atoms with van der Waals surface area (Å²) in [7, 11) is 0. The molecule has 3 atom stereocenters. The summed E-state index contributed by atoms with van der Waals surface area (Å²) < 4.78 is 28.3. The van der Waals surface area contributed by atoms with Gasteiger partial charge in [-0.3, -0.25) is 24.1 Å². The van der Waals surface area contributed by atoms with Crippen LogP contribution in [0.25, 0.3) is 10.4 Å². The van der Waals surface area contributed by atoms with Crippen LogP contribution in [0, 0.1) is 12.3 Å². The number of likely N-dealkylation sites (tertiary alicyclic amines) is 1. The van der Waals surface area contributed by atoms with Crippen LogP contribution in [-0.4, -0.2) is 107 Å². The lowest BCUT2D eigenvalue weighted by Crippen LogP contribution is -2.59. The van der Waals surface area contributed by atoms with Crippen LogP contribution in [0.1, 0.15) is 51.3 Å². The van der Waals surface area contributed by atoms with Gasteiger partial charge in [0.15, 0.2) is 7.08 Å². The van der Waals surface area contributed by atoms with Crippen molar-refractivity contribution >= 4 is 35.0 Å². The average molecular weight is 660 g/mol. The van der Waals surface area contributed by atoms with Crippen LogP contribution in [-0.2, 0) is 25.7 Å². The lowest BCUT2D eigenvalue weighted by atomic mass is 9.85. The van der Waals surface area contributed by atoms with Gasteiger partial charge in [0.1, 0.15) is 24.4 Å². The first-order chi connectivity index (χ1) is 22.2. The number of aliphatic hydroxyl groups is 1. The average Bonchev–Trinajstić information content (AvgIpc) is 3.42. The summed E-state index contributed by atoms with van der Waals surface area (Å²) >= 11 is 1.50. The fraction of sp³-hybridized carbons (Fsp3) is 0.594. The van der Waals surface area contributed by atoms with E-state index in [1.807, 2.05) is 30.0 Å². The molecular weight excluding hydrogens is 615 g/mol. The van der Waals surface area contributed by atoms with Crippen molar-refractivity contribution in [3.05, 3.63) is 35.0 Å². The number of nitrogens with one attached hydrogen (secondary N) is 3. The minimum absolute atomic E-state index is 0.0205. The molecule has 2 saturated heterocycles. The molecule has 1 aromatic carbocycles. The lowest BCUT2D eigenvalue weighted by Gasteiger charge is -2.35. The Hall–Kier alpha value is -3.62. The van der Waals surface area contributed by atoms with Crippen molar-refractivity contribution < 1.29 is 34.8 Å². The number of aliphatic hydroxyl groups excluding tert-OH is 1. The van der Waals surface area contributed by atoms with Gasteiger partial charge in [0.05, 0.1) is 28.7 Å². The highest BCUT2D eigenvalue weighted by Crippen LogP contribution is 2.40. The van der Waals surface area contributed by atoms with Crippen molar-refractivity contribution in [3.8, 4) is 16.2 Å². The lowest BCUT2D eigenvalue weighted by molar-refractivity contribution is -0.145. The molecule has 2 aromatic rings. The number of hydrogen-bond acceptors (Lipinski definition) is 9. The molecule has 1 aromatic heterocycles. The summed E-state index contributed by atoms with van der Waals surface area (Å²) in [4.78, 5) is 60.4. The van der Waals surface area contributed by atoms with Gasteiger partial charge in [-0.1, -0.05) is 32.9 Å². The molecule has 12 nitrogen and oxygen atoms in total. The first kappa shape index (κ1) is 32.3. The Labute approximate surface area is 273 Å². The maximum atomic E-state index is 14.5. The number of benzene rings is 1. The number of thiazole rings is 1. The van der Waals surface area contributed by atoms with Gasteiger partial charge in [0.2, 0.25) is 17.7 Å². The molecule has 0 bridgehead atoms. The van der Waals surface area contributed by atoms with Crippen LogP contribution in [0.3, 0.4) is 0 Å². The smallest absolute Gasteiger partial charge is 0.258 e. The summed E-state index contributed by atoms with van der Waals surface area (Å²) in [6.45, 7) is 8.94. The Morgan fingerprint density at radius 3 is 2.74 bits per heavy atom. The number of piperazine rings is 1. The molecular formula is C32H43FN6O6S. The number of rotatable bonds is 11. The fourth-order valence-corrected chi connectivity index (χ4v) is 6.49. The molecule has 3 fully saturated rings. The minimum Gasteiger partial charge on any atom is -0.492 e. The monoisotopic (exact) mass is 659 g/mol. The van der Waals surface area contributed by atoms with E-state index in [4.69, 9.17) is 6.15 Å². The number of carbonyl (C=O) groups excluding carboxylic acids is 4. The zero-order chi connectivity index (χ0) is 34.1. The van der Waals surface area contributed by atoms with Gasteiger partial charge in [0.25, 0.3) is 5.91 Å². The topological polar surface area (TPSA) is 153 Å². The number of carbonyl (C=O) groups is 4. The van der Waals surface area contributed by atoms with E-state index in [1.54, 1.807) is 26.3 Å². The van der Waals surface area contributed by atoms with Gasteiger partial charge in [0, 0.05) is 44.7 Å². The van der Waals surface area contributed by atoms with Crippen LogP contribution in [0.2, 0.25) is 1.41 Å². The summed E-state index contributed by atoms with van der Waals surface area (Å²) in [6.07, 6.45) is -0.703. The molecule has 0 spiro atoms. The predicted octanol–water partition coefficient (Wildman–Crippen LogP) is 1.54. The normalized spacial score (nSPS) is 22.3. The number of amides is 4. The largest absolute Gasteiger partial charge is 0.492 e. The maximum Gasteiger partial charge on any atom is 0.258 e. The second-order valence-corrected chi connectivity index (χ2v) is 14.2. The summed E-state index contributed by atoms with van der Waals surface area (Å²) in [6, 6.07) is 3.58. The third-order valence-electron chi connectivity index (χ3n) is 8.61. The van der Waals surface area contributed by atoms with E-state index in [0.717, 1.165) is 21.4 Å².